The van der Waals surface area contributed by atoms with Crippen molar-refractivity contribution in [3.63, 3.8) is 0 Å². The molecule has 104 valence electrons. The second kappa shape index (κ2) is 6.06. The third-order valence-corrected chi connectivity index (χ3v) is 3.15. The van der Waals surface area contributed by atoms with E-state index in [0.29, 0.717) is 17.9 Å². The molecule has 0 amide bonds. The monoisotopic (exact) mass is 271 g/mol. The first-order valence-corrected chi connectivity index (χ1v) is 6.31. The summed E-state index contributed by atoms with van der Waals surface area (Å²) in [5.41, 5.74) is 8.35. The second-order valence-electron chi connectivity index (χ2n) is 4.61. The Balaban J connectivity index is 2.14. The maximum absolute atomic E-state index is 11.2. The van der Waals surface area contributed by atoms with Gasteiger partial charge in [-0.15, -0.1) is 0 Å². The van der Waals surface area contributed by atoms with Gasteiger partial charge < -0.3 is 15.7 Å². The van der Waals surface area contributed by atoms with Gasteiger partial charge in [0.2, 0.25) is 0 Å². The van der Waals surface area contributed by atoms with E-state index in [1.165, 1.54) is 6.07 Å². The predicted molar refractivity (Wildman–Crippen MR) is 79.0 cm³/mol. The van der Waals surface area contributed by atoms with Gasteiger partial charge >= 0.3 is 5.97 Å². The number of pyridine rings is 1. The lowest BCUT2D eigenvalue weighted by atomic mass is 10.1. The summed E-state index contributed by atoms with van der Waals surface area (Å²) in [6.07, 6.45) is 4.31. The largest absolute Gasteiger partial charge is 0.478 e. The smallest absolute Gasteiger partial charge is 0.337 e. The number of nitrogens with zero attached hydrogens (tertiary/aromatic N) is 2. The molecule has 3 N–H and O–H groups in total. The molecule has 2 rings (SSSR count). The fraction of sp³-hybridized carbons (Fsp3) is 0.200. The van der Waals surface area contributed by atoms with Crippen molar-refractivity contribution in [1.29, 1.82) is 0 Å². The molecule has 0 radical (unpaired) electrons. The summed E-state index contributed by atoms with van der Waals surface area (Å²) in [4.78, 5) is 17.1. The number of hydrogen-bond donors (Lipinski definition) is 2. The Labute approximate surface area is 117 Å². The van der Waals surface area contributed by atoms with Crippen LogP contribution in [0.25, 0.3) is 0 Å². The molecule has 0 saturated heterocycles. The fourth-order valence-corrected chi connectivity index (χ4v) is 2.01. The average Bonchev–Trinajstić information content (AvgIpc) is 2.45. The highest BCUT2D eigenvalue weighted by molar-refractivity contribution is 5.95. The van der Waals surface area contributed by atoms with Crippen LogP contribution >= 0.6 is 0 Å². The first-order valence-electron chi connectivity index (χ1n) is 6.31. The standard InChI is InChI=1S/C15H17N3O2/c1-18(9-6-11-4-7-17-8-5-11)14-10-12(16)2-3-13(14)15(19)20/h2-5,7-8,10H,6,9,16H2,1H3,(H,19,20). The van der Waals surface area contributed by atoms with E-state index >= 15 is 0 Å². The predicted octanol–water partition coefficient (Wildman–Crippen LogP) is 2.04. The van der Waals surface area contributed by atoms with Crippen LogP contribution in [0.2, 0.25) is 0 Å². The number of likely N-dealkylation sites (N-methyl/N-ethyl adjacent to an activating group) is 1. The van der Waals surface area contributed by atoms with E-state index in [9.17, 15) is 9.90 Å². The zero-order valence-electron chi connectivity index (χ0n) is 11.3. The zero-order chi connectivity index (χ0) is 14.5. The van der Waals surface area contributed by atoms with Gasteiger partial charge in [-0.2, -0.15) is 0 Å². The third kappa shape index (κ3) is 3.26. The topological polar surface area (TPSA) is 79.5 Å². The van der Waals surface area contributed by atoms with Gasteiger partial charge in [0.25, 0.3) is 0 Å². The SMILES string of the molecule is CN(CCc1ccncc1)c1cc(N)ccc1C(=O)O. The first kappa shape index (κ1) is 13.9. The van der Waals surface area contributed by atoms with Crippen molar-refractivity contribution in [2.24, 2.45) is 0 Å². The summed E-state index contributed by atoms with van der Waals surface area (Å²) in [5, 5.41) is 9.21. The van der Waals surface area contributed by atoms with Crippen molar-refractivity contribution >= 4 is 17.3 Å². The number of rotatable bonds is 5. The van der Waals surface area contributed by atoms with Gasteiger partial charge in [0.05, 0.1) is 11.3 Å². The number of carbonyl (C=O) groups is 1. The van der Waals surface area contributed by atoms with Crippen LogP contribution < -0.4 is 10.6 Å². The van der Waals surface area contributed by atoms with Crippen LogP contribution in [-0.2, 0) is 6.42 Å². The van der Waals surface area contributed by atoms with Crippen LogP contribution in [0.3, 0.4) is 0 Å². The van der Waals surface area contributed by atoms with Crippen molar-refractivity contribution in [2.75, 3.05) is 24.2 Å². The van der Waals surface area contributed by atoms with Crippen molar-refractivity contribution in [1.82, 2.24) is 4.98 Å². The molecule has 2 aromatic rings. The van der Waals surface area contributed by atoms with E-state index in [1.54, 1.807) is 24.5 Å². The van der Waals surface area contributed by atoms with Crippen molar-refractivity contribution in [2.45, 2.75) is 6.42 Å². The van der Waals surface area contributed by atoms with Crippen LogP contribution in [0.5, 0.6) is 0 Å². The summed E-state index contributed by atoms with van der Waals surface area (Å²) in [6.45, 7) is 0.702. The zero-order valence-corrected chi connectivity index (χ0v) is 11.3. The number of hydrogen-bond acceptors (Lipinski definition) is 4. The molecule has 1 aromatic heterocycles. The number of aromatic carboxylic acids is 1. The molecule has 0 aliphatic rings. The lowest BCUT2D eigenvalue weighted by Gasteiger charge is -2.21. The van der Waals surface area contributed by atoms with Crippen LogP contribution in [0, 0.1) is 0 Å². The summed E-state index contributed by atoms with van der Waals surface area (Å²) in [7, 11) is 1.86. The van der Waals surface area contributed by atoms with Crippen molar-refractivity contribution in [3.8, 4) is 0 Å². The van der Waals surface area contributed by atoms with Crippen LogP contribution in [0.1, 0.15) is 15.9 Å². The highest BCUT2D eigenvalue weighted by Crippen LogP contribution is 2.23. The molecule has 0 spiro atoms. The average molecular weight is 271 g/mol. The minimum atomic E-state index is -0.948. The summed E-state index contributed by atoms with van der Waals surface area (Å²) in [6, 6.07) is 8.73. The van der Waals surface area contributed by atoms with Gasteiger partial charge in [-0.1, -0.05) is 0 Å². The third-order valence-electron chi connectivity index (χ3n) is 3.15. The molecule has 5 nitrogen and oxygen atoms in total. The Kier molecular flexibility index (Phi) is 4.20. The van der Waals surface area contributed by atoms with E-state index < -0.39 is 5.97 Å². The Morgan fingerprint density at radius 1 is 1.30 bits per heavy atom. The van der Waals surface area contributed by atoms with Gasteiger partial charge in [-0.3, -0.25) is 4.98 Å². The van der Waals surface area contributed by atoms with Gasteiger partial charge in [0.15, 0.2) is 0 Å². The lowest BCUT2D eigenvalue weighted by molar-refractivity contribution is 0.0697. The Hall–Kier alpha value is -2.56. The lowest BCUT2D eigenvalue weighted by Crippen LogP contribution is -2.22. The molecule has 5 heteroatoms. The van der Waals surface area contributed by atoms with E-state index in [0.717, 1.165) is 12.0 Å². The molecule has 0 aliphatic carbocycles. The molecule has 1 heterocycles. The number of anilines is 2. The quantitative estimate of drug-likeness (QED) is 0.813. The fourth-order valence-electron chi connectivity index (χ4n) is 2.01. The highest BCUT2D eigenvalue weighted by Gasteiger charge is 2.13. The van der Waals surface area contributed by atoms with Gasteiger partial charge in [-0.25, -0.2) is 4.79 Å². The van der Waals surface area contributed by atoms with Gasteiger partial charge in [0.1, 0.15) is 0 Å². The second-order valence-corrected chi connectivity index (χ2v) is 4.61. The number of nitrogen functional groups attached to an aromatic ring is 1. The molecule has 0 saturated carbocycles. The van der Waals surface area contributed by atoms with E-state index in [-0.39, 0.29) is 5.56 Å². The van der Waals surface area contributed by atoms with E-state index in [1.807, 2.05) is 24.1 Å². The van der Waals surface area contributed by atoms with Gasteiger partial charge in [-0.05, 0) is 42.3 Å². The Morgan fingerprint density at radius 2 is 2.00 bits per heavy atom. The van der Waals surface area contributed by atoms with Crippen molar-refractivity contribution in [3.05, 3.63) is 53.9 Å². The number of carboxylic acid groups (broad SMARTS) is 1. The Morgan fingerprint density at radius 3 is 2.65 bits per heavy atom. The minimum absolute atomic E-state index is 0.261. The normalized spacial score (nSPS) is 10.2. The maximum Gasteiger partial charge on any atom is 0.337 e. The number of nitrogens with two attached hydrogens (primary N) is 1. The molecule has 1 aromatic carbocycles. The number of aromatic nitrogens is 1. The van der Waals surface area contributed by atoms with Crippen LogP contribution in [0.15, 0.2) is 42.7 Å². The molecule has 0 atom stereocenters. The molecular formula is C15H17N3O2. The van der Waals surface area contributed by atoms with Crippen molar-refractivity contribution < 1.29 is 9.90 Å². The van der Waals surface area contributed by atoms with Crippen LogP contribution in [-0.4, -0.2) is 29.7 Å². The van der Waals surface area contributed by atoms with Gasteiger partial charge in [0, 0.05) is 31.7 Å². The summed E-state index contributed by atoms with van der Waals surface area (Å²) >= 11 is 0. The van der Waals surface area contributed by atoms with E-state index in [4.69, 9.17) is 5.73 Å². The molecular weight excluding hydrogens is 254 g/mol. The molecule has 0 fully saturated rings. The van der Waals surface area contributed by atoms with Crippen LogP contribution in [0.4, 0.5) is 11.4 Å². The molecule has 0 unspecified atom stereocenters. The summed E-state index contributed by atoms with van der Waals surface area (Å²) in [5.74, 6) is -0.948. The number of carboxylic acids is 1. The first-order chi connectivity index (χ1) is 9.58. The maximum atomic E-state index is 11.2. The molecule has 0 aliphatic heterocycles. The van der Waals surface area contributed by atoms with E-state index in [2.05, 4.69) is 4.98 Å². The molecule has 0 bridgehead atoms. The molecule has 20 heavy (non-hydrogen) atoms. The minimum Gasteiger partial charge on any atom is -0.478 e. The Bertz CT molecular complexity index is 599. The number of benzene rings is 1. The summed E-state index contributed by atoms with van der Waals surface area (Å²) < 4.78 is 0. The highest BCUT2D eigenvalue weighted by atomic mass is 16.4.